The van der Waals surface area contributed by atoms with Crippen molar-refractivity contribution in [2.45, 2.75) is 58.8 Å². The van der Waals surface area contributed by atoms with Crippen molar-refractivity contribution >= 4 is 17.7 Å². The zero-order chi connectivity index (χ0) is 19.6. The SMILES string of the molecule is CCCNC(=O)CSc1nnc(COc2ccc(CC)cc2)n1CC(C)C. The number of hydrogen-bond donors (Lipinski definition) is 1. The number of nitrogens with zero attached hydrogens (tertiary/aromatic N) is 3. The van der Waals surface area contributed by atoms with E-state index in [-0.39, 0.29) is 5.91 Å². The summed E-state index contributed by atoms with van der Waals surface area (Å²) in [4.78, 5) is 11.9. The lowest BCUT2D eigenvalue weighted by Gasteiger charge is -2.13. The van der Waals surface area contributed by atoms with Crippen LogP contribution in [-0.4, -0.2) is 33.0 Å². The Labute approximate surface area is 166 Å². The summed E-state index contributed by atoms with van der Waals surface area (Å²) >= 11 is 1.42. The molecule has 0 aliphatic carbocycles. The van der Waals surface area contributed by atoms with Gasteiger partial charge in [0.1, 0.15) is 12.4 Å². The zero-order valence-corrected chi connectivity index (χ0v) is 17.5. The molecular formula is C20H30N4O2S. The number of ether oxygens (including phenoxy) is 1. The second-order valence-corrected chi connectivity index (χ2v) is 7.77. The number of nitrogens with one attached hydrogen (secondary N) is 1. The molecule has 2 aromatic rings. The number of carbonyl (C=O) groups excluding carboxylic acids is 1. The van der Waals surface area contributed by atoms with Gasteiger partial charge in [0.15, 0.2) is 11.0 Å². The highest BCUT2D eigenvalue weighted by Crippen LogP contribution is 2.20. The van der Waals surface area contributed by atoms with Crippen molar-refractivity contribution in [3.63, 3.8) is 0 Å². The predicted octanol–water partition coefficient (Wildman–Crippen LogP) is 3.69. The van der Waals surface area contributed by atoms with Gasteiger partial charge in [-0.15, -0.1) is 10.2 Å². The molecule has 0 unspecified atom stereocenters. The minimum atomic E-state index is 0.0229. The molecule has 1 aromatic heterocycles. The summed E-state index contributed by atoms with van der Waals surface area (Å²) in [7, 11) is 0. The van der Waals surface area contributed by atoms with Crippen LogP contribution in [0.5, 0.6) is 5.75 Å². The van der Waals surface area contributed by atoms with Gasteiger partial charge in [-0.2, -0.15) is 0 Å². The predicted molar refractivity (Wildman–Crippen MR) is 109 cm³/mol. The summed E-state index contributed by atoms with van der Waals surface area (Å²) in [6.45, 7) is 10.3. The molecule has 0 saturated carbocycles. The van der Waals surface area contributed by atoms with Crippen LogP contribution in [0.3, 0.4) is 0 Å². The fourth-order valence-electron chi connectivity index (χ4n) is 2.50. The van der Waals surface area contributed by atoms with Gasteiger partial charge in [-0.3, -0.25) is 4.79 Å². The summed E-state index contributed by atoms with van der Waals surface area (Å²) in [5, 5.41) is 12.2. The molecule has 0 bridgehead atoms. The van der Waals surface area contributed by atoms with Crippen molar-refractivity contribution in [2.24, 2.45) is 5.92 Å². The van der Waals surface area contributed by atoms with Crippen LogP contribution in [0.2, 0.25) is 0 Å². The Morgan fingerprint density at radius 3 is 2.59 bits per heavy atom. The molecule has 6 nitrogen and oxygen atoms in total. The number of amides is 1. The summed E-state index contributed by atoms with van der Waals surface area (Å²) < 4.78 is 7.95. The highest BCUT2D eigenvalue weighted by molar-refractivity contribution is 7.99. The molecular weight excluding hydrogens is 360 g/mol. The molecule has 0 saturated heterocycles. The lowest BCUT2D eigenvalue weighted by atomic mass is 10.2. The number of aromatic nitrogens is 3. The van der Waals surface area contributed by atoms with Crippen molar-refractivity contribution in [3.05, 3.63) is 35.7 Å². The molecule has 1 N–H and O–H groups in total. The Morgan fingerprint density at radius 2 is 1.96 bits per heavy atom. The average Bonchev–Trinajstić information content (AvgIpc) is 3.04. The zero-order valence-electron chi connectivity index (χ0n) is 16.7. The lowest BCUT2D eigenvalue weighted by Crippen LogP contribution is -2.25. The summed E-state index contributed by atoms with van der Waals surface area (Å²) in [6, 6.07) is 8.11. The second kappa shape index (κ2) is 11.0. The van der Waals surface area contributed by atoms with Crippen molar-refractivity contribution in [3.8, 4) is 5.75 Å². The van der Waals surface area contributed by atoms with Gasteiger partial charge in [-0.25, -0.2) is 0 Å². The second-order valence-electron chi connectivity index (χ2n) is 6.83. The normalized spacial score (nSPS) is 11.0. The Kier molecular flexibility index (Phi) is 8.64. The van der Waals surface area contributed by atoms with E-state index in [2.05, 4.69) is 53.0 Å². The average molecular weight is 391 g/mol. The lowest BCUT2D eigenvalue weighted by molar-refractivity contribution is -0.118. The van der Waals surface area contributed by atoms with Gasteiger partial charge in [0.05, 0.1) is 5.75 Å². The van der Waals surface area contributed by atoms with Gasteiger partial charge in [0, 0.05) is 13.1 Å². The largest absolute Gasteiger partial charge is 0.486 e. The van der Waals surface area contributed by atoms with E-state index < -0.39 is 0 Å². The van der Waals surface area contributed by atoms with E-state index in [1.807, 2.05) is 19.1 Å². The van der Waals surface area contributed by atoms with Gasteiger partial charge in [-0.1, -0.05) is 51.6 Å². The first-order valence-electron chi connectivity index (χ1n) is 9.56. The Morgan fingerprint density at radius 1 is 1.22 bits per heavy atom. The van der Waals surface area contributed by atoms with E-state index in [9.17, 15) is 4.79 Å². The third kappa shape index (κ3) is 6.90. The maximum absolute atomic E-state index is 11.9. The Bertz CT molecular complexity index is 713. The molecule has 148 valence electrons. The minimum absolute atomic E-state index is 0.0229. The monoisotopic (exact) mass is 390 g/mol. The van der Waals surface area contributed by atoms with Gasteiger partial charge < -0.3 is 14.6 Å². The number of aryl methyl sites for hydroxylation is 1. The molecule has 1 heterocycles. The number of benzene rings is 1. The van der Waals surface area contributed by atoms with Crippen LogP contribution in [0.1, 0.15) is 45.5 Å². The quantitative estimate of drug-likeness (QED) is 0.593. The topological polar surface area (TPSA) is 69.0 Å². The van der Waals surface area contributed by atoms with E-state index in [0.29, 0.717) is 24.8 Å². The minimum Gasteiger partial charge on any atom is -0.486 e. The van der Waals surface area contributed by atoms with Crippen molar-refractivity contribution in [1.29, 1.82) is 0 Å². The fraction of sp³-hybridized carbons (Fsp3) is 0.550. The highest BCUT2D eigenvalue weighted by atomic mass is 32.2. The maximum atomic E-state index is 11.9. The maximum Gasteiger partial charge on any atom is 0.230 e. The molecule has 0 atom stereocenters. The van der Waals surface area contributed by atoms with Crippen LogP contribution in [0, 0.1) is 5.92 Å². The van der Waals surface area contributed by atoms with Crippen molar-refractivity contribution < 1.29 is 9.53 Å². The van der Waals surface area contributed by atoms with Gasteiger partial charge in [0.25, 0.3) is 0 Å². The highest BCUT2D eigenvalue weighted by Gasteiger charge is 2.15. The first-order chi connectivity index (χ1) is 13.0. The van der Waals surface area contributed by atoms with E-state index in [1.54, 1.807) is 0 Å². The number of carbonyl (C=O) groups is 1. The molecule has 0 spiro atoms. The van der Waals surface area contributed by atoms with E-state index in [0.717, 1.165) is 36.1 Å². The molecule has 0 aliphatic heterocycles. The van der Waals surface area contributed by atoms with Crippen LogP contribution in [0.15, 0.2) is 29.4 Å². The third-order valence-electron chi connectivity index (χ3n) is 3.95. The third-order valence-corrected chi connectivity index (χ3v) is 4.91. The summed E-state index contributed by atoms with van der Waals surface area (Å²) in [5.41, 5.74) is 1.28. The number of hydrogen-bond acceptors (Lipinski definition) is 5. The van der Waals surface area contributed by atoms with Crippen LogP contribution in [0.25, 0.3) is 0 Å². The van der Waals surface area contributed by atoms with Crippen LogP contribution in [0.4, 0.5) is 0 Å². The number of rotatable bonds is 11. The first kappa shape index (κ1) is 21.3. The van der Waals surface area contributed by atoms with Gasteiger partial charge in [-0.05, 0) is 36.5 Å². The molecule has 1 amide bonds. The van der Waals surface area contributed by atoms with Crippen LogP contribution < -0.4 is 10.1 Å². The van der Waals surface area contributed by atoms with Crippen LogP contribution >= 0.6 is 11.8 Å². The standard InChI is InChI=1S/C20H30N4O2S/c1-5-11-21-19(25)14-27-20-23-22-18(24(20)12-15(3)4)13-26-17-9-7-16(6-2)8-10-17/h7-10,15H,5-6,11-14H2,1-4H3,(H,21,25). The molecule has 2 rings (SSSR count). The first-order valence-corrected chi connectivity index (χ1v) is 10.5. The van der Waals surface area contributed by atoms with Gasteiger partial charge >= 0.3 is 0 Å². The Balaban J connectivity index is 2.02. The summed E-state index contributed by atoms with van der Waals surface area (Å²) in [6.07, 6.45) is 1.94. The fourth-order valence-corrected chi connectivity index (χ4v) is 3.29. The van der Waals surface area contributed by atoms with Crippen LogP contribution in [-0.2, 0) is 24.4 Å². The van der Waals surface area contributed by atoms with Crippen molar-refractivity contribution in [2.75, 3.05) is 12.3 Å². The van der Waals surface area contributed by atoms with E-state index >= 15 is 0 Å². The number of thioether (sulfide) groups is 1. The molecule has 1 aromatic carbocycles. The molecule has 0 aliphatic rings. The molecule has 0 radical (unpaired) electrons. The molecule has 27 heavy (non-hydrogen) atoms. The van der Waals surface area contributed by atoms with Gasteiger partial charge in [0.2, 0.25) is 5.91 Å². The summed E-state index contributed by atoms with van der Waals surface area (Å²) in [5.74, 6) is 2.40. The van der Waals surface area contributed by atoms with E-state index in [4.69, 9.17) is 4.74 Å². The Hall–Kier alpha value is -2.02. The molecule has 7 heteroatoms. The molecule has 0 fully saturated rings. The van der Waals surface area contributed by atoms with Crippen molar-refractivity contribution in [1.82, 2.24) is 20.1 Å². The van der Waals surface area contributed by atoms with E-state index in [1.165, 1.54) is 17.3 Å². The smallest absolute Gasteiger partial charge is 0.230 e.